The van der Waals surface area contributed by atoms with Gasteiger partial charge in [0.2, 0.25) is 0 Å². The van der Waals surface area contributed by atoms with Crippen LogP contribution in [0, 0.1) is 6.92 Å². The van der Waals surface area contributed by atoms with E-state index < -0.39 is 0 Å². The number of amides is 1. The van der Waals surface area contributed by atoms with E-state index in [0.717, 1.165) is 27.6 Å². The number of hydrogen-bond acceptors (Lipinski definition) is 4. The van der Waals surface area contributed by atoms with Gasteiger partial charge in [-0.15, -0.1) is 11.3 Å². The van der Waals surface area contributed by atoms with E-state index in [2.05, 4.69) is 10.3 Å². The van der Waals surface area contributed by atoms with Crippen molar-refractivity contribution in [3.05, 3.63) is 65.2 Å². The number of methoxy groups -OCH3 is 1. The molecule has 2 aromatic carbocycles. The lowest BCUT2D eigenvalue weighted by atomic mass is 10.2. The maximum atomic E-state index is 12.3. The number of ether oxygens (including phenoxy) is 1. The average Bonchev–Trinajstić information content (AvgIpc) is 3.07. The lowest BCUT2D eigenvalue weighted by molar-refractivity contribution is 0.102. The second-order valence-electron chi connectivity index (χ2n) is 5.09. The van der Waals surface area contributed by atoms with Crippen molar-refractivity contribution >= 4 is 22.9 Å². The maximum Gasteiger partial charge on any atom is 0.275 e. The van der Waals surface area contributed by atoms with Crippen LogP contribution in [-0.4, -0.2) is 18.0 Å². The van der Waals surface area contributed by atoms with Crippen molar-refractivity contribution in [3.63, 3.8) is 0 Å². The third kappa shape index (κ3) is 3.57. The summed E-state index contributed by atoms with van der Waals surface area (Å²) in [5, 5.41) is 5.43. The van der Waals surface area contributed by atoms with E-state index in [4.69, 9.17) is 4.74 Å². The van der Waals surface area contributed by atoms with Crippen LogP contribution in [0.4, 0.5) is 5.69 Å². The van der Waals surface area contributed by atoms with Crippen LogP contribution >= 0.6 is 11.3 Å². The zero-order valence-electron chi connectivity index (χ0n) is 12.9. The molecule has 0 fully saturated rings. The molecule has 0 aliphatic rings. The molecule has 0 spiro atoms. The van der Waals surface area contributed by atoms with Crippen LogP contribution in [0.15, 0.2) is 53.9 Å². The van der Waals surface area contributed by atoms with Crippen LogP contribution in [0.25, 0.3) is 10.6 Å². The number of anilines is 1. The highest BCUT2D eigenvalue weighted by atomic mass is 32.1. The Bertz CT molecular complexity index is 808. The molecule has 0 unspecified atom stereocenters. The van der Waals surface area contributed by atoms with Crippen molar-refractivity contribution in [2.75, 3.05) is 12.4 Å². The highest BCUT2D eigenvalue weighted by Gasteiger charge is 2.12. The summed E-state index contributed by atoms with van der Waals surface area (Å²) in [4.78, 5) is 16.7. The van der Waals surface area contributed by atoms with Crippen LogP contribution in [0.5, 0.6) is 5.75 Å². The van der Waals surface area contributed by atoms with Gasteiger partial charge in [0.05, 0.1) is 7.11 Å². The summed E-state index contributed by atoms with van der Waals surface area (Å²) in [7, 11) is 1.63. The molecule has 0 saturated heterocycles. The summed E-state index contributed by atoms with van der Waals surface area (Å²) in [6.45, 7) is 2.01. The number of hydrogen-bond donors (Lipinski definition) is 1. The first kappa shape index (κ1) is 15.2. The van der Waals surface area contributed by atoms with E-state index in [1.54, 1.807) is 12.5 Å². The van der Waals surface area contributed by atoms with Crippen LogP contribution in [0.3, 0.4) is 0 Å². The number of carbonyl (C=O) groups is 1. The summed E-state index contributed by atoms with van der Waals surface area (Å²) in [5.74, 6) is 0.590. The smallest absolute Gasteiger partial charge is 0.275 e. The summed E-state index contributed by atoms with van der Waals surface area (Å²) < 4.78 is 5.14. The molecule has 3 rings (SSSR count). The van der Waals surface area contributed by atoms with Crippen molar-refractivity contribution < 1.29 is 9.53 Å². The molecule has 116 valence electrons. The van der Waals surface area contributed by atoms with Gasteiger partial charge in [-0.2, -0.15) is 0 Å². The Morgan fingerprint density at radius 2 is 1.78 bits per heavy atom. The Hall–Kier alpha value is -2.66. The van der Waals surface area contributed by atoms with E-state index in [9.17, 15) is 4.79 Å². The molecular formula is C18H16N2O2S. The fraction of sp³-hybridized carbons (Fsp3) is 0.111. The van der Waals surface area contributed by atoms with E-state index in [-0.39, 0.29) is 5.91 Å². The largest absolute Gasteiger partial charge is 0.497 e. The normalized spacial score (nSPS) is 10.3. The predicted molar refractivity (Wildman–Crippen MR) is 93.2 cm³/mol. The Labute approximate surface area is 138 Å². The summed E-state index contributed by atoms with van der Waals surface area (Å²) in [5.41, 5.74) is 3.30. The number of nitrogens with one attached hydrogen (secondary N) is 1. The fourth-order valence-electron chi connectivity index (χ4n) is 2.08. The van der Waals surface area contributed by atoms with E-state index >= 15 is 0 Å². The number of nitrogens with zero attached hydrogens (tertiary/aromatic N) is 1. The summed E-state index contributed by atoms with van der Waals surface area (Å²) in [6, 6.07) is 15.3. The van der Waals surface area contributed by atoms with Crippen molar-refractivity contribution in [2.24, 2.45) is 0 Å². The third-order valence-electron chi connectivity index (χ3n) is 3.38. The minimum Gasteiger partial charge on any atom is -0.497 e. The Balaban J connectivity index is 1.75. The monoisotopic (exact) mass is 324 g/mol. The molecule has 1 aromatic heterocycles. The van der Waals surface area contributed by atoms with Crippen molar-refractivity contribution in [3.8, 4) is 16.3 Å². The number of carbonyl (C=O) groups excluding carboxylic acids is 1. The highest BCUT2D eigenvalue weighted by Crippen LogP contribution is 2.26. The number of benzene rings is 2. The minimum absolute atomic E-state index is 0.204. The molecule has 23 heavy (non-hydrogen) atoms. The van der Waals surface area contributed by atoms with Gasteiger partial charge < -0.3 is 10.1 Å². The van der Waals surface area contributed by atoms with E-state index in [1.807, 2.05) is 55.5 Å². The Kier molecular flexibility index (Phi) is 4.39. The SMILES string of the molecule is COc1ccc(-c2nc(C(=O)Nc3ccc(C)cc3)cs2)cc1. The van der Waals surface area contributed by atoms with Crippen molar-refractivity contribution in [2.45, 2.75) is 6.92 Å². The summed E-state index contributed by atoms with van der Waals surface area (Å²) in [6.07, 6.45) is 0. The highest BCUT2D eigenvalue weighted by molar-refractivity contribution is 7.13. The molecule has 5 heteroatoms. The van der Waals surface area contributed by atoms with Gasteiger partial charge in [-0.3, -0.25) is 4.79 Å². The molecule has 1 N–H and O–H groups in total. The lowest BCUT2D eigenvalue weighted by Gasteiger charge is -2.03. The molecule has 1 heterocycles. The van der Waals surface area contributed by atoms with Crippen LogP contribution < -0.4 is 10.1 Å². The van der Waals surface area contributed by atoms with Crippen molar-refractivity contribution in [1.82, 2.24) is 4.98 Å². The zero-order chi connectivity index (χ0) is 16.2. The molecule has 0 atom stereocenters. The van der Waals surface area contributed by atoms with Gasteiger partial charge in [0, 0.05) is 16.6 Å². The minimum atomic E-state index is -0.204. The Morgan fingerprint density at radius 3 is 2.43 bits per heavy atom. The number of aromatic nitrogens is 1. The van der Waals surface area contributed by atoms with Gasteiger partial charge in [0.25, 0.3) is 5.91 Å². The van der Waals surface area contributed by atoms with Gasteiger partial charge in [0.1, 0.15) is 16.5 Å². The van der Waals surface area contributed by atoms with E-state index in [0.29, 0.717) is 5.69 Å². The molecule has 0 bridgehead atoms. The first-order chi connectivity index (χ1) is 11.2. The molecular weight excluding hydrogens is 308 g/mol. The third-order valence-corrected chi connectivity index (χ3v) is 4.27. The molecule has 0 aliphatic carbocycles. The van der Waals surface area contributed by atoms with Crippen molar-refractivity contribution in [1.29, 1.82) is 0 Å². The first-order valence-electron chi connectivity index (χ1n) is 7.13. The van der Waals surface area contributed by atoms with Gasteiger partial charge in [-0.25, -0.2) is 4.98 Å². The zero-order valence-corrected chi connectivity index (χ0v) is 13.7. The average molecular weight is 324 g/mol. The molecule has 1 amide bonds. The second kappa shape index (κ2) is 6.62. The second-order valence-corrected chi connectivity index (χ2v) is 5.94. The predicted octanol–water partition coefficient (Wildman–Crippen LogP) is 4.38. The fourth-order valence-corrected chi connectivity index (χ4v) is 2.88. The van der Waals surface area contributed by atoms with Crippen LogP contribution in [0.1, 0.15) is 16.1 Å². The van der Waals surface area contributed by atoms with Gasteiger partial charge in [0.15, 0.2) is 0 Å². The van der Waals surface area contributed by atoms with Gasteiger partial charge in [-0.1, -0.05) is 17.7 Å². The molecule has 0 aliphatic heterocycles. The maximum absolute atomic E-state index is 12.3. The summed E-state index contributed by atoms with van der Waals surface area (Å²) >= 11 is 1.44. The number of thiazole rings is 1. The quantitative estimate of drug-likeness (QED) is 0.775. The molecule has 4 nitrogen and oxygen atoms in total. The van der Waals surface area contributed by atoms with Crippen LogP contribution in [-0.2, 0) is 0 Å². The molecule has 3 aromatic rings. The number of rotatable bonds is 4. The Morgan fingerprint density at radius 1 is 1.09 bits per heavy atom. The lowest BCUT2D eigenvalue weighted by Crippen LogP contribution is -2.12. The molecule has 0 radical (unpaired) electrons. The number of aryl methyl sites for hydroxylation is 1. The van der Waals surface area contributed by atoms with Crippen LogP contribution in [0.2, 0.25) is 0 Å². The molecule has 0 saturated carbocycles. The first-order valence-corrected chi connectivity index (χ1v) is 8.01. The van der Waals surface area contributed by atoms with E-state index in [1.165, 1.54) is 11.3 Å². The van der Waals surface area contributed by atoms with Gasteiger partial charge in [-0.05, 0) is 43.3 Å². The van der Waals surface area contributed by atoms with Gasteiger partial charge >= 0.3 is 0 Å². The standard InChI is InChI=1S/C18H16N2O2S/c1-12-3-7-14(8-4-12)19-17(21)16-11-23-18(20-16)13-5-9-15(22-2)10-6-13/h3-11H,1-2H3,(H,19,21). The topological polar surface area (TPSA) is 51.2 Å².